The third kappa shape index (κ3) is 3.77. The number of alkyl halides is 1. The largest absolute Gasteiger partial charge is 0.320 e. The zero-order chi connectivity index (χ0) is 15.6. The fourth-order valence-electron chi connectivity index (χ4n) is 1.58. The fraction of sp³-hybridized carbons (Fsp3) is 0.167. The van der Waals surface area contributed by atoms with Gasteiger partial charge in [0.1, 0.15) is 16.0 Å². The first-order chi connectivity index (χ1) is 9.92. The molecule has 0 unspecified atom stereocenters. The number of hydrogen-bond acceptors (Lipinski definition) is 3. The van der Waals surface area contributed by atoms with Crippen molar-refractivity contribution < 1.29 is 9.18 Å². The van der Waals surface area contributed by atoms with E-state index in [0.717, 1.165) is 15.9 Å². The van der Waals surface area contributed by atoms with Gasteiger partial charge >= 0.3 is 0 Å². The summed E-state index contributed by atoms with van der Waals surface area (Å²) in [4.78, 5) is 24.0. The number of halogens is 4. The molecule has 0 saturated carbocycles. The normalized spacial score (nSPS) is 10.7. The molecule has 112 valence electrons. The van der Waals surface area contributed by atoms with E-state index < -0.39 is 18.1 Å². The van der Waals surface area contributed by atoms with E-state index in [0.29, 0.717) is 9.21 Å². The van der Waals surface area contributed by atoms with Crippen LogP contribution in [0.2, 0.25) is 14.4 Å². The van der Waals surface area contributed by atoms with Crippen LogP contribution < -0.4 is 10.9 Å². The molecule has 9 heteroatoms. The number of thiophene rings is 1. The molecule has 2 heterocycles. The van der Waals surface area contributed by atoms with Gasteiger partial charge in [-0.05, 0) is 12.1 Å². The zero-order valence-electron chi connectivity index (χ0n) is 10.3. The predicted molar refractivity (Wildman–Crippen MR) is 84.0 cm³/mol. The molecule has 0 aliphatic rings. The number of hydrogen-bond donors (Lipinski definition) is 1. The highest BCUT2D eigenvalue weighted by molar-refractivity contribution is 7.18. The minimum Gasteiger partial charge on any atom is -0.320 e. The van der Waals surface area contributed by atoms with Crippen molar-refractivity contribution in [2.75, 3.05) is 12.0 Å². The maximum Gasteiger partial charge on any atom is 0.269 e. The molecule has 1 N–H and O–H groups in total. The second-order valence-electron chi connectivity index (χ2n) is 3.95. The van der Waals surface area contributed by atoms with Crippen LogP contribution in [0.5, 0.6) is 0 Å². The Balaban J connectivity index is 2.27. The number of aromatic nitrogens is 1. The summed E-state index contributed by atoms with van der Waals surface area (Å²) in [6.45, 7) is -0.858. The van der Waals surface area contributed by atoms with Gasteiger partial charge in [-0.2, -0.15) is 0 Å². The average Bonchev–Trinajstić information content (AvgIpc) is 2.76. The third-order valence-electron chi connectivity index (χ3n) is 2.49. The topological polar surface area (TPSA) is 51.1 Å². The Morgan fingerprint density at radius 3 is 2.57 bits per heavy atom. The van der Waals surface area contributed by atoms with Crippen molar-refractivity contribution in [3.63, 3.8) is 0 Å². The van der Waals surface area contributed by atoms with Crippen LogP contribution in [0.25, 0.3) is 0 Å². The Hall–Kier alpha value is -1.08. The Labute approximate surface area is 138 Å². The molecule has 2 aromatic rings. The standard InChI is InChI=1S/C12H8Cl3FN2O2S/c13-7-4-9(21-10(7)15)11(19)17-6-3-8(14)12(20)18(5-6)2-1-16/h3-5H,1-2H2,(H,17,19). The molecule has 0 bridgehead atoms. The van der Waals surface area contributed by atoms with Crippen LogP contribution >= 0.6 is 46.1 Å². The Bertz CT molecular complexity index is 725. The maximum absolute atomic E-state index is 12.4. The van der Waals surface area contributed by atoms with Gasteiger partial charge in [-0.25, -0.2) is 4.39 Å². The number of pyridine rings is 1. The third-order valence-corrected chi connectivity index (χ3v) is 4.63. The highest BCUT2D eigenvalue weighted by Crippen LogP contribution is 2.32. The molecule has 0 spiro atoms. The molecule has 0 aliphatic heterocycles. The van der Waals surface area contributed by atoms with E-state index >= 15 is 0 Å². The van der Waals surface area contributed by atoms with Crippen LogP contribution in [0.4, 0.5) is 10.1 Å². The summed E-state index contributed by atoms with van der Waals surface area (Å²) in [5.74, 6) is -0.449. The minimum absolute atomic E-state index is 0.108. The second kappa shape index (κ2) is 6.79. The summed E-state index contributed by atoms with van der Waals surface area (Å²) in [6.07, 6.45) is 1.32. The van der Waals surface area contributed by atoms with E-state index in [1.165, 1.54) is 18.3 Å². The van der Waals surface area contributed by atoms with Gasteiger partial charge in [0, 0.05) is 6.20 Å². The van der Waals surface area contributed by atoms with E-state index in [-0.39, 0.29) is 22.3 Å². The maximum atomic E-state index is 12.4. The van der Waals surface area contributed by atoms with Gasteiger partial charge in [0.2, 0.25) is 0 Å². The van der Waals surface area contributed by atoms with E-state index in [1.807, 2.05) is 0 Å². The number of aryl methyl sites for hydroxylation is 1. The summed E-state index contributed by atoms with van der Waals surface area (Å²) >= 11 is 18.4. The lowest BCUT2D eigenvalue weighted by Crippen LogP contribution is -2.22. The molecule has 0 radical (unpaired) electrons. The van der Waals surface area contributed by atoms with Gasteiger partial charge in [0.05, 0.1) is 22.1 Å². The molecule has 2 aromatic heterocycles. The van der Waals surface area contributed by atoms with Crippen LogP contribution in [-0.2, 0) is 6.54 Å². The number of carbonyl (C=O) groups excluding carboxylic acids is 1. The summed E-state index contributed by atoms with van der Waals surface area (Å²) < 4.78 is 13.8. The van der Waals surface area contributed by atoms with Crippen molar-refractivity contribution >= 4 is 57.7 Å². The summed E-state index contributed by atoms with van der Waals surface area (Å²) in [5.41, 5.74) is -0.242. The number of amides is 1. The van der Waals surface area contributed by atoms with Gasteiger partial charge in [-0.1, -0.05) is 34.8 Å². The smallest absolute Gasteiger partial charge is 0.269 e. The van der Waals surface area contributed by atoms with Crippen LogP contribution in [0.1, 0.15) is 9.67 Å². The number of anilines is 1. The molecular weight excluding hydrogens is 362 g/mol. The molecule has 0 fully saturated rings. The Morgan fingerprint density at radius 1 is 1.29 bits per heavy atom. The lowest BCUT2D eigenvalue weighted by atomic mass is 10.3. The van der Waals surface area contributed by atoms with Crippen molar-refractivity contribution in [3.05, 3.63) is 47.9 Å². The fourth-order valence-corrected chi connectivity index (χ4v) is 3.07. The predicted octanol–water partition coefficient (Wildman–Crippen LogP) is 4.09. The number of nitrogens with zero attached hydrogens (tertiary/aromatic N) is 1. The van der Waals surface area contributed by atoms with E-state index in [9.17, 15) is 14.0 Å². The molecule has 21 heavy (non-hydrogen) atoms. The summed E-state index contributed by atoms with van der Waals surface area (Å²) in [5, 5.41) is 2.73. The van der Waals surface area contributed by atoms with Crippen molar-refractivity contribution in [1.82, 2.24) is 4.57 Å². The van der Waals surface area contributed by atoms with Gasteiger partial charge < -0.3 is 9.88 Å². The number of rotatable bonds is 4. The summed E-state index contributed by atoms with van der Waals surface area (Å²) in [7, 11) is 0. The zero-order valence-corrected chi connectivity index (χ0v) is 13.4. The van der Waals surface area contributed by atoms with Crippen molar-refractivity contribution in [1.29, 1.82) is 0 Å². The van der Waals surface area contributed by atoms with Crippen LogP contribution in [0, 0.1) is 0 Å². The SMILES string of the molecule is O=C(Nc1cc(Cl)c(=O)n(CCF)c1)c1cc(Cl)c(Cl)s1. The van der Waals surface area contributed by atoms with E-state index in [4.69, 9.17) is 34.8 Å². The van der Waals surface area contributed by atoms with Crippen molar-refractivity contribution in [3.8, 4) is 0 Å². The van der Waals surface area contributed by atoms with Crippen molar-refractivity contribution in [2.24, 2.45) is 0 Å². The van der Waals surface area contributed by atoms with Gasteiger partial charge in [0.25, 0.3) is 11.5 Å². The monoisotopic (exact) mass is 368 g/mol. The van der Waals surface area contributed by atoms with Crippen LogP contribution in [0.15, 0.2) is 23.1 Å². The second-order valence-corrected chi connectivity index (χ2v) is 6.42. The molecule has 1 amide bonds. The Morgan fingerprint density at radius 2 is 2.00 bits per heavy atom. The molecule has 0 atom stereocenters. The first kappa shape index (κ1) is 16.3. The molecule has 0 saturated heterocycles. The van der Waals surface area contributed by atoms with Gasteiger partial charge in [0.15, 0.2) is 0 Å². The van der Waals surface area contributed by atoms with E-state index in [2.05, 4.69) is 5.32 Å². The van der Waals surface area contributed by atoms with E-state index in [1.54, 1.807) is 0 Å². The van der Waals surface area contributed by atoms with Crippen molar-refractivity contribution in [2.45, 2.75) is 6.54 Å². The number of nitrogens with one attached hydrogen (secondary N) is 1. The Kier molecular flexibility index (Phi) is 5.27. The molecule has 0 aliphatic carbocycles. The highest BCUT2D eigenvalue weighted by atomic mass is 35.5. The molecular formula is C12H8Cl3FN2O2S. The van der Waals surface area contributed by atoms with Gasteiger partial charge in [-0.15, -0.1) is 11.3 Å². The van der Waals surface area contributed by atoms with Gasteiger partial charge in [-0.3, -0.25) is 9.59 Å². The minimum atomic E-state index is -0.718. The molecule has 2 rings (SSSR count). The van der Waals surface area contributed by atoms with Crippen LogP contribution in [0.3, 0.4) is 0 Å². The first-order valence-corrected chi connectivity index (χ1v) is 7.59. The molecule has 0 aromatic carbocycles. The first-order valence-electron chi connectivity index (χ1n) is 5.64. The average molecular weight is 370 g/mol. The van der Waals surface area contributed by atoms with Crippen LogP contribution in [-0.4, -0.2) is 17.1 Å². The lowest BCUT2D eigenvalue weighted by Gasteiger charge is -2.08. The number of carbonyl (C=O) groups is 1. The highest BCUT2D eigenvalue weighted by Gasteiger charge is 2.14. The quantitative estimate of drug-likeness (QED) is 0.882. The molecule has 4 nitrogen and oxygen atoms in total. The lowest BCUT2D eigenvalue weighted by molar-refractivity contribution is 0.103. The summed E-state index contributed by atoms with van der Waals surface area (Å²) in [6, 6.07) is 2.73.